The lowest BCUT2D eigenvalue weighted by Crippen LogP contribution is -2.32. The standard InChI is InChI=1S/C17H14N4O2/c18-16(19)17(22)23-21-11-20-14(12-7-3-1-4-8-12)15(21)13-9-5-2-6-10-13/h1-11H,(H3,18,19). The lowest BCUT2D eigenvalue weighted by atomic mass is 10.1. The van der Waals surface area contributed by atoms with Crippen LogP contribution >= 0.6 is 0 Å². The Hall–Kier alpha value is -3.41. The topological polar surface area (TPSA) is 94.0 Å². The summed E-state index contributed by atoms with van der Waals surface area (Å²) < 4.78 is 1.24. The summed E-state index contributed by atoms with van der Waals surface area (Å²) in [5.74, 6) is -1.60. The van der Waals surface area contributed by atoms with E-state index in [-0.39, 0.29) is 0 Å². The Morgan fingerprint density at radius 3 is 2.13 bits per heavy atom. The molecule has 0 aliphatic carbocycles. The van der Waals surface area contributed by atoms with Crippen LogP contribution in [0.2, 0.25) is 0 Å². The monoisotopic (exact) mass is 306 g/mol. The molecular weight excluding hydrogens is 292 g/mol. The molecule has 0 amide bonds. The second-order valence-corrected chi connectivity index (χ2v) is 4.79. The number of nitrogens with one attached hydrogen (secondary N) is 1. The molecule has 2 aromatic carbocycles. The average Bonchev–Trinajstić information content (AvgIpc) is 3.00. The summed E-state index contributed by atoms with van der Waals surface area (Å²) in [6, 6.07) is 19.0. The van der Waals surface area contributed by atoms with E-state index in [0.29, 0.717) is 11.4 Å². The van der Waals surface area contributed by atoms with Crippen LogP contribution in [0.5, 0.6) is 0 Å². The maximum atomic E-state index is 11.6. The van der Waals surface area contributed by atoms with Gasteiger partial charge in [-0.3, -0.25) is 5.41 Å². The number of hydrogen-bond acceptors (Lipinski definition) is 4. The fraction of sp³-hybridized carbons (Fsp3) is 0. The minimum Gasteiger partial charge on any atom is -0.378 e. The molecule has 0 bridgehead atoms. The maximum Gasteiger partial charge on any atom is 0.397 e. The minimum atomic E-state index is -0.931. The van der Waals surface area contributed by atoms with E-state index in [4.69, 9.17) is 16.0 Å². The van der Waals surface area contributed by atoms with Crippen molar-refractivity contribution in [1.29, 1.82) is 5.41 Å². The molecule has 0 atom stereocenters. The Morgan fingerprint density at radius 2 is 1.57 bits per heavy atom. The number of aromatic nitrogens is 2. The van der Waals surface area contributed by atoms with Gasteiger partial charge in [0.1, 0.15) is 12.0 Å². The zero-order chi connectivity index (χ0) is 16.2. The largest absolute Gasteiger partial charge is 0.397 e. The highest BCUT2D eigenvalue weighted by atomic mass is 16.7. The van der Waals surface area contributed by atoms with Crippen LogP contribution < -0.4 is 10.6 Å². The first kappa shape index (κ1) is 14.5. The fourth-order valence-electron chi connectivity index (χ4n) is 2.21. The van der Waals surface area contributed by atoms with E-state index in [0.717, 1.165) is 11.1 Å². The van der Waals surface area contributed by atoms with Crippen LogP contribution in [0.15, 0.2) is 67.0 Å². The lowest BCUT2D eigenvalue weighted by molar-refractivity contribution is -0.136. The number of imidazole rings is 1. The lowest BCUT2D eigenvalue weighted by Gasteiger charge is -2.09. The predicted molar refractivity (Wildman–Crippen MR) is 86.6 cm³/mol. The quantitative estimate of drug-likeness (QED) is 0.572. The molecule has 114 valence electrons. The predicted octanol–water partition coefficient (Wildman–Crippen LogP) is 2.11. The number of nitrogens with two attached hydrogens (primary N) is 1. The molecule has 0 aliphatic rings. The molecule has 1 aromatic heterocycles. The van der Waals surface area contributed by atoms with Crippen molar-refractivity contribution in [3.05, 3.63) is 67.0 Å². The smallest absolute Gasteiger partial charge is 0.378 e. The Morgan fingerprint density at radius 1 is 1.00 bits per heavy atom. The SMILES string of the molecule is N=C(N)C(=O)On1cnc(-c2ccccc2)c1-c1ccccc1. The van der Waals surface area contributed by atoms with Crippen molar-refractivity contribution in [1.82, 2.24) is 9.71 Å². The highest BCUT2D eigenvalue weighted by molar-refractivity contribution is 6.33. The van der Waals surface area contributed by atoms with Crippen molar-refractivity contribution >= 4 is 11.8 Å². The molecular formula is C17H14N4O2. The summed E-state index contributed by atoms with van der Waals surface area (Å²) in [5, 5.41) is 7.17. The van der Waals surface area contributed by atoms with E-state index in [1.807, 2.05) is 60.7 Å². The molecule has 0 spiro atoms. The van der Waals surface area contributed by atoms with Gasteiger partial charge in [-0.05, 0) is 0 Å². The number of carbonyl (C=O) groups excluding carboxylic acids is 1. The number of hydrogen-bond donors (Lipinski definition) is 2. The summed E-state index contributed by atoms with van der Waals surface area (Å²) in [5.41, 5.74) is 8.18. The molecule has 23 heavy (non-hydrogen) atoms. The molecule has 1 heterocycles. The molecule has 6 nitrogen and oxygen atoms in total. The fourth-order valence-corrected chi connectivity index (χ4v) is 2.21. The first-order valence-corrected chi connectivity index (χ1v) is 6.91. The molecule has 0 unspecified atom stereocenters. The second kappa shape index (κ2) is 6.15. The molecule has 0 aliphatic heterocycles. The van der Waals surface area contributed by atoms with E-state index >= 15 is 0 Å². The second-order valence-electron chi connectivity index (χ2n) is 4.79. The van der Waals surface area contributed by atoms with Crippen molar-refractivity contribution in [2.45, 2.75) is 0 Å². The third-order valence-electron chi connectivity index (χ3n) is 3.23. The summed E-state index contributed by atoms with van der Waals surface area (Å²) in [6.45, 7) is 0. The Balaban J connectivity index is 2.13. The van der Waals surface area contributed by atoms with Gasteiger partial charge in [0.05, 0.1) is 5.69 Å². The number of benzene rings is 2. The van der Waals surface area contributed by atoms with Crippen LogP contribution in [0, 0.1) is 5.41 Å². The van der Waals surface area contributed by atoms with Crippen molar-refractivity contribution in [3.63, 3.8) is 0 Å². The molecule has 0 fully saturated rings. The minimum absolute atomic E-state index is 0.617. The number of carbonyl (C=O) groups is 1. The summed E-state index contributed by atoms with van der Waals surface area (Å²) in [4.78, 5) is 21.1. The summed E-state index contributed by atoms with van der Waals surface area (Å²) in [7, 11) is 0. The third-order valence-corrected chi connectivity index (χ3v) is 3.23. The first-order valence-electron chi connectivity index (χ1n) is 6.91. The van der Waals surface area contributed by atoms with Crippen molar-refractivity contribution < 1.29 is 9.63 Å². The van der Waals surface area contributed by atoms with Gasteiger partial charge in [-0.15, -0.1) is 0 Å². The summed E-state index contributed by atoms with van der Waals surface area (Å²) in [6.07, 6.45) is 1.39. The average molecular weight is 306 g/mol. The van der Waals surface area contributed by atoms with Crippen molar-refractivity contribution in [2.75, 3.05) is 0 Å². The van der Waals surface area contributed by atoms with Crippen LogP contribution in [0.4, 0.5) is 0 Å². The van der Waals surface area contributed by atoms with Gasteiger partial charge >= 0.3 is 5.97 Å². The van der Waals surface area contributed by atoms with E-state index in [9.17, 15) is 4.79 Å². The van der Waals surface area contributed by atoms with Crippen molar-refractivity contribution in [3.8, 4) is 22.5 Å². The Labute approximate surface area is 132 Å². The van der Waals surface area contributed by atoms with Gasteiger partial charge in [0.2, 0.25) is 5.84 Å². The van der Waals surface area contributed by atoms with E-state index in [1.54, 1.807) is 0 Å². The van der Waals surface area contributed by atoms with Gasteiger partial charge in [-0.2, -0.15) is 4.73 Å². The van der Waals surface area contributed by atoms with E-state index in [2.05, 4.69) is 4.98 Å². The highest BCUT2D eigenvalue weighted by Crippen LogP contribution is 2.30. The van der Waals surface area contributed by atoms with Gasteiger partial charge in [-0.25, -0.2) is 9.78 Å². The van der Waals surface area contributed by atoms with Crippen LogP contribution in [-0.2, 0) is 4.79 Å². The molecule has 3 N–H and O–H groups in total. The number of nitrogens with zero attached hydrogens (tertiary/aromatic N) is 2. The number of amidine groups is 1. The molecule has 0 radical (unpaired) electrons. The zero-order valence-electron chi connectivity index (χ0n) is 12.1. The van der Waals surface area contributed by atoms with Gasteiger partial charge < -0.3 is 10.6 Å². The molecule has 0 saturated heterocycles. The zero-order valence-corrected chi connectivity index (χ0v) is 12.1. The maximum absolute atomic E-state index is 11.6. The molecule has 3 rings (SSSR count). The van der Waals surface area contributed by atoms with Crippen LogP contribution in [0.3, 0.4) is 0 Å². The first-order chi connectivity index (χ1) is 11.2. The van der Waals surface area contributed by atoms with Gasteiger partial charge in [0, 0.05) is 11.1 Å². The van der Waals surface area contributed by atoms with Crippen LogP contribution in [0.1, 0.15) is 0 Å². The van der Waals surface area contributed by atoms with Gasteiger partial charge in [-0.1, -0.05) is 60.7 Å². The van der Waals surface area contributed by atoms with Gasteiger partial charge in [0.15, 0.2) is 0 Å². The van der Waals surface area contributed by atoms with Crippen LogP contribution in [0.25, 0.3) is 22.5 Å². The molecule has 0 saturated carbocycles. The molecule has 6 heteroatoms. The van der Waals surface area contributed by atoms with E-state index in [1.165, 1.54) is 11.1 Å². The third kappa shape index (κ3) is 2.96. The molecule has 3 aromatic rings. The Bertz CT molecular complexity index is 842. The van der Waals surface area contributed by atoms with Gasteiger partial charge in [0.25, 0.3) is 0 Å². The Kier molecular flexibility index (Phi) is 3.88. The highest BCUT2D eigenvalue weighted by Gasteiger charge is 2.18. The van der Waals surface area contributed by atoms with Crippen LogP contribution in [-0.4, -0.2) is 21.5 Å². The normalized spacial score (nSPS) is 10.3. The summed E-state index contributed by atoms with van der Waals surface area (Å²) >= 11 is 0. The van der Waals surface area contributed by atoms with Crippen molar-refractivity contribution in [2.24, 2.45) is 5.73 Å². The number of rotatable bonds is 3. The van der Waals surface area contributed by atoms with E-state index < -0.39 is 11.8 Å².